The summed E-state index contributed by atoms with van der Waals surface area (Å²) in [6.07, 6.45) is 6.38. The number of nitrogens with one attached hydrogen (secondary N) is 1. The van der Waals surface area contributed by atoms with E-state index < -0.39 is 0 Å². The number of amides is 2. The van der Waals surface area contributed by atoms with Crippen molar-refractivity contribution in [1.29, 1.82) is 0 Å². The summed E-state index contributed by atoms with van der Waals surface area (Å²) >= 11 is 0. The van der Waals surface area contributed by atoms with Gasteiger partial charge in [0.25, 0.3) is 0 Å². The van der Waals surface area contributed by atoms with E-state index in [-0.39, 0.29) is 6.03 Å². The number of urea groups is 1. The Balaban J connectivity index is 1.26. The number of likely N-dealkylation sites (tertiary alicyclic amines) is 1. The molecule has 28 heavy (non-hydrogen) atoms. The molecule has 0 bridgehead atoms. The summed E-state index contributed by atoms with van der Waals surface area (Å²) in [4.78, 5) is 17.1. The fourth-order valence-electron chi connectivity index (χ4n) is 4.06. The highest BCUT2D eigenvalue weighted by Crippen LogP contribution is 2.32. The minimum Gasteiger partial charge on any atom is -0.325 e. The van der Waals surface area contributed by atoms with Crippen molar-refractivity contribution in [1.82, 2.24) is 9.80 Å². The molecule has 1 N–H and O–H groups in total. The van der Waals surface area contributed by atoms with Gasteiger partial charge < -0.3 is 15.1 Å². The van der Waals surface area contributed by atoms with E-state index in [1.54, 1.807) is 0 Å². The largest absolute Gasteiger partial charge is 0.325 e. The zero-order valence-electron chi connectivity index (χ0n) is 16.8. The van der Waals surface area contributed by atoms with Gasteiger partial charge in [0, 0.05) is 31.9 Å². The summed E-state index contributed by atoms with van der Waals surface area (Å²) in [7, 11) is 1.93. The first-order valence-electron chi connectivity index (χ1n) is 10.6. The summed E-state index contributed by atoms with van der Waals surface area (Å²) < 4.78 is 0. The Morgan fingerprint density at radius 3 is 2.25 bits per heavy atom. The van der Waals surface area contributed by atoms with E-state index in [1.165, 1.54) is 31.4 Å². The maximum Gasteiger partial charge on any atom is 0.321 e. The number of carbonyl (C=O) groups is 1. The van der Waals surface area contributed by atoms with Crippen LogP contribution >= 0.6 is 0 Å². The molecule has 0 spiro atoms. The van der Waals surface area contributed by atoms with Crippen molar-refractivity contribution in [3.63, 3.8) is 0 Å². The van der Waals surface area contributed by atoms with Crippen LogP contribution in [0, 0.1) is 5.92 Å². The molecule has 148 valence electrons. The van der Waals surface area contributed by atoms with Crippen molar-refractivity contribution in [3.8, 4) is 11.1 Å². The van der Waals surface area contributed by atoms with Crippen LogP contribution in [0.5, 0.6) is 0 Å². The Labute approximate surface area is 168 Å². The predicted molar refractivity (Wildman–Crippen MR) is 115 cm³/mol. The zero-order chi connectivity index (χ0) is 19.3. The second kappa shape index (κ2) is 8.78. The van der Waals surface area contributed by atoms with Crippen molar-refractivity contribution >= 4 is 11.7 Å². The molecule has 4 rings (SSSR count). The lowest BCUT2D eigenvalue weighted by molar-refractivity contribution is 0.139. The number of carbonyl (C=O) groups excluding carboxylic acids is 1. The molecule has 0 radical (unpaired) electrons. The molecule has 2 aromatic rings. The van der Waals surface area contributed by atoms with Gasteiger partial charge in [-0.3, -0.25) is 0 Å². The number of benzene rings is 2. The molecule has 2 amide bonds. The zero-order valence-corrected chi connectivity index (χ0v) is 16.8. The van der Waals surface area contributed by atoms with E-state index >= 15 is 0 Å². The summed E-state index contributed by atoms with van der Waals surface area (Å²) in [5.74, 6) is 0.999. The summed E-state index contributed by atoms with van der Waals surface area (Å²) in [5, 5.41) is 3.05. The number of anilines is 1. The fourth-order valence-corrected chi connectivity index (χ4v) is 4.06. The van der Waals surface area contributed by atoms with Gasteiger partial charge >= 0.3 is 6.03 Å². The first kappa shape index (κ1) is 19.0. The van der Waals surface area contributed by atoms with Crippen LogP contribution in [0.3, 0.4) is 0 Å². The van der Waals surface area contributed by atoms with Crippen molar-refractivity contribution < 1.29 is 4.79 Å². The lowest BCUT2D eigenvalue weighted by Gasteiger charge is -2.36. The summed E-state index contributed by atoms with van der Waals surface area (Å²) in [6, 6.07) is 18.7. The number of hydrogen-bond acceptors (Lipinski definition) is 2. The van der Waals surface area contributed by atoms with Gasteiger partial charge in [0.05, 0.1) is 0 Å². The number of piperidine rings is 1. The van der Waals surface area contributed by atoms with Crippen LogP contribution < -0.4 is 5.32 Å². The third-order valence-electron chi connectivity index (χ3n) is 6.22. The summed E-state index contributed by atoms with van der Waals surface area (Å²) in [6.45, 7) is 3.46. The van der Waals surface area contributed by atoms with E-state index in [4.69, 9.17) is 0 Å². The smallest absolute Gasteiger partial charge is 0.321 e. The third kappa shape index (κ3) is 4.93. The lowest BCUT2D eigenvalue weighted by atomic mass is 10.0. The molecule has 1 aliphatic carbocycles. The molecule has 2 fully saturated rings. The molecular formula is C24H31N3O. The lowest BCUT2D eigenvalue weighted by Crippen LogP contribution is -2.47. The highest BCUT2D eigenvalue weighted by atomic mass is 16.2. The van der Waals surface area contributed by atoms with Crippen LogP contribution in [0.2, 0.25) is 0 Å². The van der Waals surface area contributed by atoms with Crippen molar-refractivity contribution in [3.05, 3.63) is 54.6 Å². The highest BCUT2D eigenvalue weighted by Gasteiger charge is 2.27. The van der Waals surface area contributed by atoms with Gasteiger partial charge in [-0.25, -0.2) is 4.79 Å². The van der Waals surface area contributed by atoms with E-state index in [1.807, 2.05) is 42.3 Å². The van der Waals surface area contributed by atoms with Crippen molar-refractivity contribution in [2.75, 3.05) is 32.0 Å². The van der Waals surface area contributed by atoms with Gasteiger partial charge in [0.1, 0.15) is 0 Å². The van der Waals surface area contributed by atoms with Crippen molar-refractivity contribution in [2.45, 2.75) is 38.1 Å². The average Bonchev–Trinajstić information content (AvgIpc) is 3.58. The molecule has 0 aromatic heterocycles. The third-order valence-corrected chi connectivity index (χ3v) is 6.22. The Kier molecular flexibility index (Phi) is 5.96. The summed E-state index contributed by atoms with van der Waals surface area (Å²) in [5.41, 5.74) is 3.19. The minimum atomic E-state index is -0.0103. The van der Waals surface area contributed by atoms with E-state index in [9.17, 15) is 4.79 Å². The molecule has 2 aromatic carbocycles. The van der Waals surface area contributed by atoms with Crippen LogP contribution in [0.25, 0.3) is 11.1 Å². The van der Waals surface area contributed by atoms with Gasteiger partial charge in [-0.15, -0.1) is 0 Å². The van der Waals surface area contributed by atoms with Gasteiger partial charge in [-0.05, 0) is 55.0 Å². The topological polar surface area (TPSA) is 35.6 Å². The van der Waals surface area contributed by atoms with Gasteiger partial charge in [-0.1, -0.05) is 55.3 Å². The number of rotatable bonds is 6. The molecule has 1 saturated heterocycles. The van der Waals surface area contributed by atoms with Crippen LogP contribution in [-0.4, -0.2) is 48.6 Å². The second-order valence-corrected chi connectivity index (χ2v) is 8.29. The molecule has 1 heterocycles. The Morgan fingerprint density at radius 2 is 1.61 bits per heavy atom. The molecule has 1 saturated carbocycles. The second-order valence-electron chi connectivity index (χ2n) is 8.29. The average molecular weight is 378 g/mol. The van der Waals surface area contributed by atoms with E-state index in [0.717, 1.165) is 43.1 Å². The molecule has 0 atom stereocenters. The van der Waals surface area contributed by atoms with E-state index in [0.29, 0.717) is 6.04 Å². The number of nitrogens with zero attached hydrogens (tertiary/aromatic N) is 2. The monoisotopic (exact) mass is 377 g/mol. The maximum absolute atomic E-state index is 12.7. The molecular weight excluding hydrogens is 346 g/mol. The molecule has 4 heteroatoms. The molecule has 1 aliphatic heterocycles. The first-order chi connectivity index (χ1) is 13.7. The van der Waals surface area contributed by atoms with Gasteiger partial charge in [0.15, 0.2) is 0 Å². The van der Waals surface area contributed by atoms with Crippen LogP contribution in [0.4, 0.5) is 10.5 Å². The van der Waals surface area contributed by atoms with Crippen LogP contribution in [0.1, 0.15) is 32.1 Å². The van der Waals surface area contributed by atoms with Crippen molar-refractivity contribution in [2.24, 2.45) is 5.92 Å². The Morgan fingerprint density at radius 1 is 0.964 bits per heavy atom. The van der Waals surface area contributed by atoms with Crippen LogP contribution in [0.15, 0.2) is 54.6 Å². The normalized spacial score (nSPS) is 18.0. The number of hydrogen-bond donors (Lipinski definition) is 1. The Hall–Kier alpha value is -2.33. The Bertz CT molecular complexity index is 762. The SMILES string of the molecule is CN(C(=O)Nc1ccc(-c2ccccc2)cc1)C1CCN(CCC2CC2)CC1. The minimum absolute atomic E-state index is 0.0103. The van der Waals surface area contributed by atoms with Crippen LogP contribution in [-0.2, 0) is 0 Å². The fraction of sp³-hybridized carbons (Fsp3) is 0.458. The molecule has 0 unspecified atom stereocenters. The molecule has 2 aliphatic rings. The van der Waals surface area contributed by atoms with E-state index in [2.05, 4.69) is 34.5 Å². The standard InChI is InChI=1S/C24H31N3O/c1-26(23-14-17-27(18-15-23)16-13-19-7-8-19)24(28)25-22-11-9-21(10-12-22)20-5-3-2-4-6-20/h2-6,9-12,19,23H,7-8,13-18H2,1H3,(H,25,28). The molecule has 4 nitrogen and oxygen atoms in total. The van der Waals surface area contributed by atoms with Gasteiger partial charge in [0.2, 0.25) is 0 Å². The highest BCUT2D eigenvalue weighted by molar-refractivity contribution is 5.89. The first-order valence-corrected chi connectivity index (χ1v) is 10.6. The maximum atomic E-state index is 12.7. The van der Waals surface area contributed by atoms with Gasteiger partial charge in [-0.2, -0.15) is 0 Å². The predicted octanol–water partition coefficient (Wildman–Crippen LogP) is 5.08. The quantitative estimate of drug-likeness (QED) is 0.762.